The molecule has 0 unspecified atom stereocenters. The number of rotatable bonds is 18. The molecule has 33 heavy (non-hydrogen) atoms. The molecule has 0 atom stereocenters. The monoisotopic (exact) mass is 478 g/mol. The molecule has 0 amide bonds. The zero-order chi connectivity index (χ0) is 26.0. The minimum absolute atomic E-state index is 0.191. The molecule has 0 aliphatic rings. The van der Waals surface area contributed by atoms with Crippen LogP contribution in [0.25, 0.3) is 0 Å². The van der Waals surface area contributed by atoms with Crippen molar-refractivity contribution in [3.05, 3.63) is 0 Å². The quantitative estimate of drug-likeness (QED) is 0.0728. The molecule has 0 fully saturated rings. The van der Waals surface area contributed by atoms with Gasteiger partial charge in [-0.15, -0.1) is 0 Å². The first-order chi connectivity index (χ1) is 15.4. The molecule has 0 aliphatic carbocycles. The minimum Gasteiger partial charge on any atom is -0.389 e. The molecule has 7 N–H and O–H groups in total. The molecule has 0 rings (SSSR count). The van der Waals surface area contributed by atoms with Gasteiger partial charge in [-0.1, -0.05) is 26.2 Å². The molecule has 13 nitrogen and oxygen atoms in total. The van der Waals surface area contributed by atoms with Gasteiger partial charge in [0.25, 0.3) is 0 Å². The van der Waals surface area contributed by atoms with Crippen LogP contribution in [-0.2, 0) is 28.8 Å². The highest BCUT2D eigenvalue weighted by atomic mass is 16.3. The Labute approximate surface area is 188 Å². The summed E-state index contributed by atoms with van der Waals surface area (Å²) in [5.41, 5.74) is -11.4. The second kappa shape index (κ2) is 12.8. The van der Waals surface area contributed by atoms with Gasteiger partial charge in [-0.05, 0) is 6.42 Å². The van der Waals surface area contributed by atoms with Crippen molar-refractivity contribution in [2.75, 3.05) is 39.6 Å². The predicted octanol–water partition coefficient (Wildman–Crippen LogP) is -4.36. The Morgan fingerprint density at radius 2 is 0.879 bits per heavy atom. The van der Waals surface area contributed by atoms with Crippen LogP contribution in [0.1, 0.15) is 32.6 Å². The van der Waals surface area contributed by atoms with Crippen LogP contribution in [0.4, 0.5) is 0 Å². The second-order valence-corrected chi connectivity index (χ2v) is 7.31. The summed E-state index contributed by atoms with van der Waals surface area (Å²) < 4.78 is 0. The van der Waals surface area contributed by atoms with E-state index >= 15 is 0 Å². The second-order valence-electron chi connectivity index (χ2n) is 7.31. The summed E-state index contributed by atoms with van der Waals surface area (Å²) in [6.07, 6.45) is -0.433. The van der Waals surface area contributed by atoms with E-state index in [0.29, 0.717) is 6.42 Å². The number of ketones is 6. The zero-order valence-electron chi connectivity index (χ0n) is 18.2. The number of aliphatic hydroxyl groups is 7. The van der Waals surface area contributed by atoms with Gasteiger partial charge >= 0.3 is 0 Å². The van der Waals surface area contributed by atoms with Gasteiger partial charge in [-0.2, -0.15) is 0 Å². The molecular formula is C20H30O13. The van der Waals surface area contributed by atoms with Crippen LogP contribution in [0.5, 0.6) is 0 Å². The summed E-state index contributed by atoms with van der Waals surface area (Å²) in [5, 5.41) is 68.6. The Balaban J connectivity index is 8.24. The fourth-order valence-corrected chi connectivity index (χ4v) is 4.33. The Morgan fingerprint density at radius 3 is 1.15 bits per heavy atom. The number of Topliss-reactive ketones (excluding diaryl/α,β-unsaturated/α-hetero) is 6. The summed E-state index contributed by atoms with van der Waals surface area (Å²) in [7, 11) is 0. The molecule has 0 aromatic carbocycles. The molecule has 0 saturated heterocycles. The van der Waals surface area contributed by atoms with Gasteiger partial charge in [-0.3, -0.25) is 28.8 Å². The Kier molecular flexibility index (Phi) is 12.0. The van der Waals surface area contributed by atoms with Gasteiger partial charge in [0.2, 0.25) is 5.60 Å². The van der Waals surface area contributed by atoms with Gasteiger partial charge < -0.3 is 35.7 Å². The lowest BCUT2D eigenvalue weighted by molar-refractivity contribution is -0.201. The molecule has 0 heterocycles. The van der Waals surface area contributed by atoms with Crippen LogP contribution in [-0.4, -0.2) is 116 Å². The number of hydrogen-bond acceptors (Lipinski definition) is 13. The summed E-state index contributed by atoms with van der Waals surface area (Å²) in [4.78, 5) is 77.8. The van der Waals surface area contributed by atoms with Crippen LogP contribution >= 0.6 is 0 Å². The maximum atomic E-state index is 13.2. The molecular weight excluding hydrogens is 448 g/mol. The maximum absolute atomic E-state index is 13.2. The predicted molar refractivity (Wildman–Crippen MR) is 107 cm³/mol. The third-order valence-corrected chi connectivity index (χ3v) is 5.80. The molecule has 0 aliphatic heterocycles. The van der Waals surface area contributed by atoms with Crippen molar-refractivity contribution >= 4 is 34.7 Å². The summed E-state index contributed by atoms with van der Waals surface area (Å²) in [5.74, 6) is -11.3. The Hall–Kier alpha value is -2.26. The van der Waals surface area contributed by atoms with Gasteiger partial charge in [0, 0.05) is 0 Å². The van der Waals surface area contributed by atoms with E-state index in [-0.39, 0.29) is 12.8 Å². The summed E-state index contributed by atoms with van der Waals surface area (Å²) in [6.45, 7) is -8.52. The van der Waals surface area contributed by atoms with Gasteiger partial charge in [-0.25, -0.2) is 0 Å². The van der Waals surface area contributed by atoms with E-state index in [1.807, 2.05) is 0 Å². The molecule has 13 heteroatoms. The molecule has 188 valence electrons. The number of aliphatic hydroxyl groups excluding tert-OH is 6. The molecule has 0 bridgehead atoms. The fraction of sp³-hybridized carbons (Fsp3) is 0.700. The Bertz CT molecular complexity index is 722. The average molecular weight is 478 g/mol. The SMILES string of the molecule is CCCCCC(C(=O)CO)(C(=O)CO)C(C(=O)CO)(C(=O)CO)C(O)(C(=O)CO)C(=O)CO. The molecule has 0 aromatic rings. The largest absolute Gasteiger partial charge is 0.389 e. The first-order valence-corrected chi connectivity index (χ1v) is 10.0. The smallest absolute Gasteiger partial charge is 0.207 e. The normalized spacial score (nSPS) is 12.4. The standard InChI is InChI=1S/C20H30O13/c1-2-3-4-5-18(12(27)6-21,13(28)7-22)19(14(29)8-23,15(30)9-24)20(33,16(31)10-25)17(32)11-26/h21-26,33H,2-11H2,1H3. The first-order valence-electron chi connectivity index (χ1n) is 10.0. The van der Waals surface area contributed by atoms with Crippen molar-refractivity contribution in [3.8, 4) is 0 Å². The molecule has 0 spiro atoms. The van der Waals surface area contributed by atoms with Gasteiger partial charge in [0.05, 0.1) is 0 Å². The highest BCUT2D eigenvalue weighted by molar-refractivity contribution is 6.30. The number of carbonyl (C=O) groups is 6. The fourth-order valence-electron chi connectivity index (χ4n) is 4.33. The number of unbranched alkanes of at least 4 members (excludes halogenated alkanes) is 2. The van der Waals surface area contributed by atoms with E-state index in [1.54, 1.807) is 6.92 Å². The van der Waals surface area contributed by atoms with E-state index in [1.165, 1.54) is 0 Å². The van der Waals surface area contributed by atoms with Gasteiger partial charge in [0.15, 0.2) is 40.1 Å². The highest BCUT2D eigenvalue weighted by Crippen LogP contribution is 2.54. The number of carbonyl (C=O) groups excluding carboxylic acids is 6. The van der Waals surface area contributed by atoms with Crippen LogP contribution in [0.15, 0.2) is 0 Å². The van der Waals surface area contributed by atoms with Crippen LogP contribution in [0, 0.1) is 10.8 Å². The van der Waals surface area contributed by atoms with Crippen molar-refractivity contribution in [3.63, 3.8) is 0 Å². The van der Waals surface area contributed by atoms with Gasteiger partial charge in [0.1, 0.15) is 45.1 Å². The topological polar surface area (TPSA) is 244 Å². The van der Waals surface area contributed by atoms with Crippen molar-refractivity contribution in [1.29, 1.82) is 0 Å². The zero-order valence-corrected chi connectivity index (χ0v) is 18.2. The summed E-state index contributed by atoms with van der Waals surface area (Å²) >= 11 is 0. The molecule has 0 aromatic heterocycles. The van der Waals surface area contributed by atoms with Crippen molar-refractivity contribution < 1.29 is 64.5 Å². The van der Waals surface area contributed by atoms with E-state index in [4.69, 9.17) is 0 Å². The highest BCUT2D eigenvalue weighted by Gasteiger charge is 2.78. The lowest BCUT2D eigenvalue weighted by Gasteiger charge is -2.52. The van der Waals surface area contributed by atoms with E-state index in [0.717, 1.165) is 0 Å². The van der Waals surface area contributed by atoms with Crippen molar-refractivity contribution in [2.24, 2.45) is 10.8 Å². The third kappa shape index (κ3) is 4.71. The van der Waals surface area contributed by atoms with Crippen molar-refractivity contribution in [1.82, 2.24) is 0 Å². The first kappa shape index (κ1) is 30.7. The lowest BCUT2D eigenvalue weighted by Crippen LogP contribution is -2.77. The Morgan fingerprint density at radius 1 is 0.545 bits per heavy atom. The van der Waals surface area contributed by atoms with Crippen LogP contribution in [0.3, 0.4) is 0 Å². The van der Waals surface area contributed by atoms with Crippen molar-refractivity contribution in [2.45, 2.75) is 38.2 Å². The maximum Gasteiger partial charge on any atom is 0.207 e. The number of hydrogen-bond donors (Lipinski definition) is 7. The molecule has 0 saturated carbocycles. The molecule has 0 radical (unpaired) electrons. The van der Waals surface area contributed by atoms with E-state index in [9.17, 15) is 64.5 Å². The van der Waals surface area contributed by atoms with Crippen LogP contribution < -0.4 is 0 Å². The van der Waals surface area contributed by atoms with E-state index < -0.39 is 97.2 Å². The van der Waals surface area contributed by atoms with E-state index in [2.05, 4.69) is 0 Å². The minimum atomic E-state index is -4.14. The third-order valence-electron chi connectivity index (χ3n) is 5.80. The summed E-state index contributed by atoms with van der Waals surface area (Å²) in [6, 6.07) is 0. The lowest BCUT2D eigenvalue weighted by atomic mass is 9.45. The van der Waals surface area contributed by atoms with Crippen LogP contribution in [0.2, 0.25) is 0 Å². The average Bonchev–Trinajstić information content (AvgIpc) is 2.84.